The largest absolute Gasteiger partial charge is 0.444 e. The molecule has 0 unspecified atom stereocenters. The summed E-state index contributed by atoms with van der Waals surface area (Å²) in [6.07, 6.45) is 0.655. The van der Waals surface area contributed by atoms with Crippen LogP contribution in [-0.4, -0.2) is 50.1 Å². The average Bonchev–Trinajstić information content (AvgIpc) is 2.53. The molecule has 0 radical (unpaired) electrons. The van der Waals surface area contributed by atoms with Crippen molar-refractivity contribution in [3.05, 3.63) is 24.3 Å². The number of piperidine rings is 1. The number of ether oxygens (including phenoxy) is 1. The molecule has 1 heterocycles. The zero-order chi connectivity index (χ0) is 20.2. The lowest BCUT2D eigenvalue weighted by Gasteiger charge is -2.33. The Hall–Kier alpha value is -2.13. The number of amides is 2. The molecule has 9 heteroatoms. The van der Waals surface area contributed by atoms with E-state index in [9.17, 15) is 18.0 Å². The molecule has 0 aromatic heterocycles. The lowest BCUT2D eigenvalue weighted by molar-refractivity contribution is -0.114. The zero-order valence-corrected chi connectivity index (χ0v) is 16.9. The normalized spacial score (nSPS) is 16.1. The quantitative estimate of drug-likeness (QED) is 0.811. The van der Waals surface area contributed by atoms with E-state index < -0.39 is 15.6 Å². The van der Waals surface area contributed by atoms with Gasteiger partial charge in [-0.2, -0.15) is 0 Å². The van der Waals surface area contributed by atoms with Crippen molar-refractivity contribution in [3.63, 3.8) is 0 Å². The molecule has 27 heavy (non-hydrogen) atoms. The number of sulfonamides is 1. The SMILES string of the molecule is CC(=O)Nc1ccc(S(=O)(=O)NC2CCN(C(=O)OC(C)(C)C)CC2)cc1. The van der Waals surface area contributed by atoms with E-state index in [1.54, 1.807) is 17.0 Å². The summed E-state index contributed by atoms with van der Waals surface area (Å²) in [5.74, 6) is -0.222. The van der Waals surface area contributed by atoms with Gasteiger partial charge in [0.05, 0.1) is 4.90 Å². The van der Waals surface area contributed by atoms with Gasteiger partial charge in [0, 0.05) is 31.7 Å². The van der Waals surface area contributed by atoms with Crippen molar-refractivity contribution in [2.75, 3.05) is 18.4 Å². The van der Waals surface area contributed by atoms with Gasteiger partial charge >= 0.3 is 6.09 Å². The molecule has 1 aliphatic rings. The van der Waals surface area contributed by atoms with E-state index in [0.717, 1.165) is 0 Å². The average molecular weight is 397 g/mol. The Kier molecular flexibility index (Phi) is 6.48. The molecule has 0 atom stereocenters. The number of carbonyl (C=O) groups excluding carboxylic acids is 2. The first kappa shape index (κ1) is 21.2. The van der Waals surface area contributed by atoms with E-state index in [1.807, 2.05) is 20.8 Å². The van der Waals surface area contributed by atoms with Crippen LogP contribution < -0.4 is 10.0 Å². The van der Waals surface area contributed by atoms with Crippen molar-refractivity contribution in [1.82, 2.24) is 9.62 Å². The molecule has 0 bridgehead atoms. The van der Waals surface area contributed by atoms with Gasteiger partial charge in [-0.25, -0.2) is 17.9 Å². The maximum atomic E-state index is 12.5. The second-order valence-electron chi connectivity index (χ2n) is 7.57. The fourth-order valence-corrected chi connectivity index (χ4v) is 4.02. The minimum Gasteiger partial charge on any atom is -0.444 e. The first-order valence-corrected chi connectivity index (χ1v) is 10.3. The molecule has 150 valence electrons. The lowest BCUT2D eigenvalue weighted by Crippen LogP contribution is -2.47. The van der Waals surface area contributed by atoms with Crippen LogP contribution in [0.25, 0.3) is 0 Å². The van der Waals surface area contributed by atoms with Gasteiger partial charge < -0.3 is 15.0 Å². The van der Waals surface area contributed by atoms with Gasteiger partial charge in [-0.1, -0.05) is 0 Å². The van der Waals surface area contributed by atoms with Crippen LogP contribution in [0.2, 0.25) is 0 Å². The van der Waals surface area contributed by atoms with Crippen LogP contribution in [0, 0.1) is 0 Å². The number of nitrogens with zero attached hydrogens (tertiary/aromatic N) is 1. The molecule has 1 aliphatic heterocycles. The molecule has 2 amide bonds. The maximum Gasteiger partial charge on any atom is 0.410 e. The molecule has 0 saturated carbocycles. The highest BCUT2D eigenvalue weighted by atomic mass is 32.2. The van der Waals surface area contributed by atoms with E-state index in [0.29, 0.717) is 31.6 Å². The molecule has 1 fully saturated rings. The lowest BCUT2D eigenvalue weighted by atomic mass is 10.1. The third kappa shape index (κ3) is 6.51. The molecule has 1 saturated heterocycles. The zero-order valence-electron chi connectivity index (χ0n) is 16.1. The molecule has 1 aromatic rings. The van der Waals surface area contributed by atoms with E-state index in [2.05, 4.69) is 10.0 Å². The van der Waals surface area contributed by atoms with Gasteiger partial charge in [0.25, 0.3) is 0 Å². The number of carbonyl (C=O) groups is 2. The number of likely N-dealkylation sites (tertiary alicyclic amines) is 1. The summed E-state index contributed by atoms with van der Waals surface area (Å²) in [7, 11) is -3.67. The third-order valence-corrected chi connectivity index (χ3v) is 5.49. The van der Waals surface area contributed by atoms with Crippen molar-refractivity contribution in [2.45, 2.75) is 57.1 Å². The molecule has 0 spiro atoms. The Balaban J connectivity index is 1.92. The fraction of sp³-hybridized carbons (Fsp3) is 0.556. The summed E-state index contributed by atoms with van der Waals surface area (Å²) in [6.45, 7) is 7.68. The maximum absolute atomic E-state index is 12.5. The molecule has 8 nitrogen and oxygen atoms in total. The fourth-order valence-electron chi connectivity index (χ4n) is 2.71. The van der Waals surface area contributed by atoms with Crippen LogP contribution in [0.4, 0.5) is 10.5 Å². The highest BCUT2D eigenvalue weighted by Gasteiger charge is 2.29. The number of hydrogen-bond donors (Lipinski definition) is 2. The summed E-state index contributed by atoms with van der Waals surface area (Å²) in [4.78, 5) is 24.8. The molecule has 2 rings (SSSR count). The number of hydrogen-bond acceptors (Lipinski definition) is 5. The highest BCUT2D eigenvalue weighted by Crippen LogP contribution is 2.19. The molecular weight excluding hydrogens is 370 g/mol. The van der Waals surface area contributed by atoms with Crippen molar-refractivity contribution in [1.29, 1.82) is 0 Å². The number of nitrogens with one attached hydrogen (secondary N) is 2. The van der Waals surface area contributed by atoms with Gasteiger partial charge in [-0.3, -0.25) is 4.79 Å². The Labute approximate surface area is 160 Å². The van der Waals surface area contributed by atoms with Crippen LogP contribution in [0.1, 0.15) is 40.5 Å². The minimum atomic E-state index is -3.67. The van der Waals surface area contributed by atoms with Gasteiger partial charge in [-0.05, 0) is 57.9 Å². The van der Waals surface area contributed by atoms with Crippen molar-refractivity contribution >= 4 is 27.7 Å². The van der Waals surface area contributed by atoms with Crippen LogP contribution >= 0.6 is 0 Å². The molecule has 1 aromatic carbocycles. The summed E-state index contributed by atoms with van der Waals surface area (Å²) >= 11 is 0. The Morgan fingerprint density at radius 3 is 2.15 bits per heavy atom. The summed E-state index contributed by atoms with van der Waals surface area (Å²) in [5.41, 5.74) is -0.0222. The van der Waals surface area contributed by atoms with Gasteiger partial charge in [0.2, 0.25) is 15.9 Å². The van der Waals surface area contributed by atoms with Crippen molar-refractivity contribution in [2.24, 2.45) is 0 Å². The van der Waals surface area contributed by atoms with E-state index >= 15 is 0 Å². The second kappa shape index (κ2) is 8.26. The van der Waals surface area contributed by atoms with Gasteiger partial charge in [0.1, 0.15) is 5.60 Å². The number of rotatable bonds is 4. The van der Waals surface area contributed by atoms with Gasteiger partial charge in [0.15, 0.2) is 0 Å². The summed E-state index contributed by atoms with van der Waals surface area (Å²) in [5, 5.41) is 2.59. The number of anilines is 1. The van der Waals surface area contributed by atoms with Crippen LogP contribution in [-0.2, 0) is 19.6 Å². The minimum absolute atomic E-state index is 0.131. The predicted molar refractivity (Wildman–Crippen MR) is 102 cm³/mol. The Morgan fingerprint density at radius 2 is 1.67 bits per heavy atom. The predicted octanol–water partition coefficient (Wildman–Crippen LogP) is 2.32. The first-order chi connectivity index (χ1) is 12.5. The third-order valence-electron chi connectivity index (χ3n) is 3.95. The molecule has 2 N–H and O–H groups in total. The van der Waals surface area contributed by atoms with E-state index in [-0.39, 0.29) is 22.9 Å². The monoisotopic (exact) mass is 397 g/mol. The Morgan fingerprint density at radius 1 is 1.11 bits per heavy atom. The topological polar surface area (TPSA) is 105 Å². The Bertz CT molecular complexity index is 776. The van der Waals surface area contributed by atoms with E-state index in [4.69, 9.17) is 4.74 Å². The van der Waals surface area contributed by atoms with E-state index in [1.165, 1.54) is 19.1 Å². The summed E-state index contributed by atoms with van der Waals surface area (Å²) < 4.78 is 33.1. The van der Waals surface area contributed by atoms with Crippen molar-refractivity contribution < 1.29 is 22.7 Å². The standard InChI is InChI=1S/C18H27N3O5S/c1-13(22)19-14-5-7-16(8-6-14)27(24,25)20-15-9-11-21(12-10-15)17(23)26-18(2,3)4/h5-8,15,20H,9-12H2,1-4H3,(H,19,22). The second-order valence-corrected chi connectivity index (χ2v) is 9.28. The van der Waals surface area contributed by atoms with Gasteiger partial charge in [-0.15, -0.1) is 0 Å². The molecule has 0 aliphatic carbocycles. The highest BCUT2D eigenvalue weighted by molar-refractivity contribution is 7.89. The molecular formula is C18H27N3O5S. The number of benzene rings is 1. The van der Waals surface area contributed by atoms with Crippen LogP contribution in [0.5, 0.6) is 0 Å². The van der Waals surface area contributed by atoms with Crippen molar-refractivity contribution in [3.8, 4) is 0 Å². The summed E-state index contributed by atoms with van der Waals surface area (Å²) in [6, 6.07) is 5.73. The smallest absolute Gasteiger partial charge is 0.410 e. The van der Waals surface area contributed by atoms with Crippen LogP contribution in [0.3, 0.4) is 0 Å². The van der Waals surface area contributed by atoms with Crippen LogP contribution in [0.15, 0.2) is 29.2 Å². The first-order valence-electron chi connectivity index (χ1n) is 8.84.